The Morgan fingerprint density at radius 3 is 3.11 bits per heavy atom. The number of carbonyl (C=O) groups is 1. The SMILES string of the molecule is O=C(CCCC1CCCO1)C1CSc2ccccc21. The fourth-order valence-corrected chi connectivity index (χ4v) is 4.24. The first kappa shape index (κ1) is 13.2. The Morgan fingerprint density at radius 2 is 2.26 bits per heavy atom. The molecular formula is C16H20O2S. The summed E-state index contributed by atoms with van der Waals surface area (Å²) >= 11 is 1.82. The zero-order valence-electron chi connectivity index (χ0n) is 11.1. The first-order chi connectivity index (χ1) is 9.34. The van der Waals surface area contributed by atoms with E-state index >= 15 is 0 Å². The molecular weight excluding hydrogens is 256 g/mol. The van der Waals surface area contributed by atoms with Crippen LogP contribution in [0.1, 0.15) is 43.6 Å². The summed E-state index contributed by atoms with van der Waals surface area (Å²) in [5.41, 5.74) is 1.25. The summed E-state index contributed by atoms with van der Waals surface area (Å²) in [6.07, 6.45) is 5.51. The zero-order valence-corrected chi connectivity index (χ0v) is 12.0. The van der Waals surface area contributed by atoms with Gasteiger partial charge in [-0.25, -0.2) is 0 Å². The lowest BCUT2D eigenvalue weighted by atomic mass is 9.93. The number of carbonyl (C=O) groups excluding carboxylic acids is 1. The van der Waals surface area contributed by atoms with E-state index in [0.29, 0.717) is 18.3 Å². The Morgan fingerprint density at radius 1 is 1.37 bits per heavy atom. The Labute approximate surface area is 118 Å². The summed E-state index contributed by atoms with van der Waals surface area (Å²) < 4.78 is 5.60. The van der Waals surface area contributed by atoms with E-state index in [1.807, 2.05) is 17.8 Å². The standard InChI is InChI=1S/C16H20O2S/c17-15(8-3-5-12-6-4-10-18-12)14-11-19-16-9-2-1-7-13(14)16/h1-2,7,9,12,14H,3-6,8,10-11H2. The molecule has 1 fully saturated rings. The molecule has 102 valence electrons. The lowest BCUT2D eigenvalue weighted by Crippen LogP contribution is -2.13. The third-order valence-electron chi connectivity index (χ3n) is 4.06. The van der Waals surface area contributed by atoms with E-state index in [1.54, 1.807) is 0 Å². The van der Waals surface area contributed by atoms with Crippen molar-refractivity contribution in [2.24, 2.45) is 0 Å². The van der Waals surface area contributed by atoms with Crippen LogP contribution in [0.25, 0.3) is 0 Å². The molecule has 2 heterocycles. The van der Waals surface area contributed by atoms with Crippen molar-refractivity contribution in [1.29, 1.82) is 0 Å². The molecule has 3 rings (SSSR count). The molecule has 0 amide bonds. The van der Waals surface area contributed by atoms with Crippen molar-refractivity contribution in [3.05, 3.63) is 29.8 Å². The molecule has 1 aromatic carbocycles. The van der Waals surface area contributed by atoms with Crippen LogP contribution >= 0.6 is 11.8 Å². The summed E-state index contributed by atoms with van der Waals surface area (Å²) in [7, 11) is 0. The summed E-state index contributed by atoms with van der Waals surface area (Å²) in [5, 5.41) is 0. The van der Waals surface area contributed by atoms with Gasteiger partial charge in [-0.2, -0.15) is 0 Å². The number of fused-ring (bicyclic) bond motifs is 1. The van der Waals surface area contributed by atoms with Crippen molar-refractivity contribution in [3.63, 3.8) is 0 Å². The van der Waals surface area contributed by atoms with Crippen molar-refractivity contribution >= 4 is 17.5 Å². The normalized spacial score (nSPS) is 25.5. The predicted octanol–water partition coefficient (Wildman–Crippen LogP) is 3.79. The molecule has 2 unspecified atom stereocenters. The smallest absolute Gasteiger partial charge is 0.141 e. The molecule has 0 spiro atoms. The van der Waals surface area contributed by atoms with Crippen LogP contribution in [-0.2, 0) is 9.53 Å². The third-order valence-corrected chi connectivity index (χ3v) is 5.24. The number of hydrogen-bond donors (Lipinski definition) is 0. The van der Waals surface area contributed by atoms with Gasteiger partial charge in [-0.05, 0) is 37.3 Å². The number of ether oxygens (including phenoxy) is 1. The lowest BCUT2D eigenvalue weighted by Gasteiger charge is -2.11. The van der Waals surface area contributed by atoms with Crippen molar-refractivity contribution in [1.82, 2.24) is 0 Å². The molecule has 2 atom stereocenters. The fourth-order valence-electron chi connectivity index (χ4n) is 2.98. The Hall–Kier alpha value is -0.800. The van der Waals surface area contributed by atoms with Gasteiger partial charge in [0.25, 0.3) is 0 Å². The average molecular weight is 276 g/mol. The maximum absolute atomic E-state index is 12.3. The second kappa shape index (κ2) is 6.10. The van der Waals surface area contributed by atoms with Gasteiger partial charge in [0.05, 0.1) is 12.0 Å². The van der Waals surface area contributed by atoms with Gasteiger partial charge in [0.2, 0.25) is 0 Å². The Bertz CT molecular complexity index is 452. The zero-order chi connectivity index (χ0) is 13.1. The van der Waals surface area contributed by atoms with E-state index in [0.717, 1.165) is 25.2 Å². The molecule has 0 bridgehead atoms. The number of thioether (sulfide) groups is 1. The summed E-state index contributed by atoms with van der Waals surface area (Å²) in [6, 6.07) is 8.32. The minimum absolute atomic E-state index is 0.130. The van der Waals surface area contributed by atoms with Gasteiger partial charge in [-0.1, -0.05) is 18.2 Å². The van der Waals surface area contributed by atoms with Crippen LogP contribution in [-0.4, -0.2) is 24.2 Å². The van der Waals surface area contributed by atoms with Gasteiger partial charge in [-0.3, -0.25) is 4.79 Å². The monoisotopic (exact) mass is 276 g/mol. The second-order valence-electron chi connectivity index (χ2n) is 5.39. The van der Waals surface area contributed by atoms with Crippen LogP contribution in [0.4, 0.5) is 0 Å². The van der Waals surface area contributed by atoms with Crippen LogP contribution in [0.3, 0.4) is 0 Å². The topological polar surface area (TPSA) is 26.3 Å². The molecule has 19 heavy (non-hydrogen) atoms. The van der Waals surface area contributed by atoms with Gasteiger partial charge in [-0.15, -0.1) is 11.8 Å². The molecule has 1 aromatic rings. The maximum atomic E-state index is 12.3. The van der Waals surface area contributed by atoms with E-state index in [9.17, 15) is 4.79 Å². The summed E-state index contributed by atoms with van der Waals surface area (Å²) in [5.74, 6) is 1.47. The van der Waals surface area contributed by atoms with Gasteiger partial charge in [0, 0.05) is 23.7 Å². The average Bonchev–Trinajstić information content (AvgIpc) is 3.07. The molecule has 0 aromatic heterocycles. The van der Waals surface area contributed by atoms with Gasteiger partial charge < -0.3 is 4.74 Å². The van der Waals surface area contributed by atoms with Crippen LogP contribution in [0.2, 0.25) is 0 Å². The predicted molar refractivity (Wildman–Crippen MR) is 77.7 cm³/mol. The molecule has 2 aliphatic heterocycles. The van der Waals surface area contributed by atoms with E-state index in [4.69, 9.17) is 4.74 Å². The third kappa shape index (κ3) is 3.03. The van der Waals surface area contributed by atoms with Crippen molar-refractivity contribution in [2.75, 3.05) is 12.4 Å². The van der Waals surface area contributed by atoms with Crippen LogP contribution in [0.15, 0.2) is 29.2 Å². The second-order valence-corrected chi connectivity index (χ2v) is 6.46. The highest BCUT2D eigenvalue weighted by molar-refractivity contribution is 7.99. The fraction of sp³-hybridized carbons (Fsp3) is 0.562. The minimum atomic E-state index is 0.130. The quantitative estimate of drug-likeness (QED) is 0.818. The van der Waals surface area contributed by atoms with Crippen LogP contribution < -0.4 is 0 Å². The highest BCUT2D eigenvalue weighted by atomic mass is 32.2. The Kier molecular flexibility index (Phi) is 4.24. The minimum Gasteiger partial charge on any atom is -0.378 e. The molecule has 0 N–H and O–H groups in total. The van der Waals surface area contributed by atoms with E-state index in [2.05, 4.69) is 18.2 Å². The molecule has 0 aliphatic carbocycles. The lowest BCUT2D eigenvalue weighted by molar-refractivity contribution is -0.120. The maximum Gasteiger partial charge on any atom is 0.141 e. The molecule has 0 radical (unpaired) electrons. The van der Waals surface area contributed by atoms with Gasteiger partial charge >= 0.3 is 0 Å². The van der Waals surface area contributed by atoms with Crippen molar-refractivity contribution in [2.45, 2.75) is 49.0 Å². The van der Waals surface area contributed by atoms with Crippen molar-refractivity contribution in [3.8, 4) is 0 Å². The van der Waals surface area contributed by atoms with Crippen LogP contribution in [0.5, 0.6) is 0 Å². The number of Topliss-reactive ketones (excluding diaryl/α,β-unsaturated/α-hetero) is 1. The first-order valence-corrected chi connectivity index (χ1v) is 8.19. The molecule has 0 saturated carbocycles. The van der Waals surface area contributed by atoms with Crippen LogP contribution in [0, 0.1) is 0 Å². The summed E-state index contributed by atoms with van der Waals surface area (Å²) in [4.78, 5) is 13.6. The van der Waals surface area contributed by atoms with Gasteiger partial charge in [0.1, 0.15) is 5.78 Å². The number of benzene rings is 1. The first-order valence-electron chi connectivity index (χ1n) is 7.20. The number of ketones is 1. The summed E-state index contributed by atoms with van der Waals surface area (Å²) in [6.45, 7) is 0.908. The number of hydrogen-bond acceptors (Lipinski definition) is 3. The van der Waals surface area contributed by atoms with E-state index < -0.39 is 0 Å². The molecule has 3 heteroatoms. The molecule has 2 aliphatic rings. The number of rotatable bonds is 5. The Balaban J connectivity index is 1.51. The van der Waals surface area contributed by atoms with Crippen molar-refractivity contribution < 1.29 is 9.53 Å². The van der Waals surface area contributed by atoms with E-state index in [-0.39, 0.29) is 5.92 Å². The van der Waals surface area contributed by atoms with Gasteiger partial charge in [0.15, 0.2) is 0 Å². The highest BCUT2D eigenvalue weighted by Gasteiger charge is 2.28. The highest BCUT2D eigenvalue weighted by Crippen LogP contribution is 2.40. The molecule has 2 nitrogen and oxygen atoms in total. The van der Waals surface area contributed by atoms with E-state index in [1.165, 1.54) is 23.3 Å². The largest absolute Gasteiger partial charge is 0.378 e. The molecule has 1 saturated heterocycles.